The molecule has 0 amide bonds. The SMILES string of the molecule is C[Si]1O[Si](C)(OC(=O)C(C)(C)C)O[Si](C)O[Si](C)(OC(=O)C(C)(C)C)O1. The lowest BCUT2D eigenvalue weighted by Crippen LogP contribution is -2.61. The zero-order valence-electron chi connectivity index (χ0n) is 17.3. The fourth-order valence-corrected chi connectivity index (χ4v) is 14.3. The monoisotopic (exact) mass is 438 g/mol. The van der Waals surface area contributed by atoms with E-state index in [0.717, 1.165) is 0 Å². The normalized spacial score (nSPS) is 29.6. The van der Waals surface area contributed by atoms with Gasteiger partial charge in [-0.15, -0.1) is 0 Å². The smallest absolute Gasteiger partial charge is 0.474 e. The van der Waals surface area contributed by atoms with E-state index in [1.807, 2.05) is 0 Å². The van der Waals surface area contributed by atoms with Crippen molar-refractivity contribution < 1.29 is 34.9 Å². The number of carbonyl (C=O) groups is 2. The first-order valence-corrected chi connectivity index (χ1v) is 16.4. The molecule has 0 N–H and O–H groups in total. The molecule has 1 heterocycles. The Morgan fingerprint density at radius 3 is 1.12 bits per heavy atom. The lowest BCUT2D eigenvalue weighted by atomic mass is 9.98. The molecule has 0 bridgehead atoms. The fourth-order valence-electron chi connectivity index (χ4n) is 1.85. The topological polar surface area (TPSA) is 89.5 Å². The van der Waals surface area contributed by atoms with Crippen LogP contribution in [0.15, 0.2) is 0 Å². The first-order valence-electron chi connectivity index (χ1n) is 8.36. The first kappa shape index (κ1) is 23.7. The molecule has 0 aromatic heterocycles. The van der Waals surface area contributed by atoms with Gasteiger partial charge in [0, 0.05) is 13.1 Å². The van der Waals surface area contributed by atoms with Crippen LogP contribution in [0.3, 0.4) is 0 Å². The van der Waals surface area contributed by atoms with Crippen molar-refractivity contribution in [1.29, 1.82) is 0 Å². The summed E-state index contributed by atoms with van der Waals surface area (Å²) in [4.78, 5) is 24.5. The highest BCUT2D eigenvalue weighted by molar-refractivity contribution is 6.82. The van der Waals surface area contributed by atoms with Gasteiger partial charge in [0.25, 0.3) is 0 Å². The van der Waals surface area contributed by atoms with Crippen molar-refractivity contribution in [2.75, 3.05) is 0 Å². The number of hydrogen-bond acceptors (Lipinski definition) is 8. The van der Waals surface area contributed by atoms with Crippen molar-refractivity contribution in [2.24, 2.45) is 10.8 Å². The maximum absolute atomic E-state index is 12.3. The average Bonchev–Trinajstić information content (AvgIpc) is 2.32. The molecule has 1 aliphatic heterocycles. The van der Waals surface area contributed by atoms with Crippen molar-refractivity contribution in [3.05, 3.63) is 0 Å². The molecule has 1 rings (SSSR count). The Labute approximate surface area is 161 Å². The van der Waals surface area contributed by atoms with Crippen LogP contribution in [-0.4, -0.2) is 48.1 Å². The summed E-state index contributed by atoms with van der Waals surface area (Å²) in [5.41, 5.74) is -1.36. The van der Waals surface area contributed by atoms with E-state index in [0.29, 0.717) is 0 Å². The van der Waals surface area contributed by atoms with Crippen LogP contribution in [0, 0.1) is 10.8 Å². The summed E-state index contributed by atoms with van der Waals surface area (Å²) in [5, 5.41) is 0. The van der Waals surface area contributed by atoms with E-state index in [-0.39, 0.29) is 0 Å². The predicted octanol–water partition coefficient (Wildman–Crippen LogP) is 2.62. The number of carbonyl (C=O) groups excluding carboxylic acids is 2. The van der Waals surface area contributed by atoms with Gasteiger partial charge in [-0.2, -0.15) is 0 Å². The predicted molar refractivity (Wildman–Crippen MR) is 102 cm³/mol. The van der Waals surface area contributed by atoms with Gasteiger partial charge in [0.05, 0.1) is 10.8 Å². The molecular weight excluding hydrogens is 408 g/mol. The molecule has 0 saturated carbocycles. The summed E-state index contributed by atoms with van der Waals surface area (Å²) in [6, 6.07) is 0. The van der Waals surface area contributed by atoms with E-state index in [1.54, 1.807) is 67.7 Å². The van der Waals surface area contributed by atoms with E-state index in [2.05, 4.69) is 0 Å². The third-order valence-corrected chi connectivity index (χ3v) is 14.7. The summed E-state index contributed by atoms with van der Waals surface area (Å²) in [6.07, 6.45) is 0. The molecule has 1 saturated heterocycles. The maximum atomic E-state index is 12.3. The molecule has 1 fully saturated rings. The van der Waals surface area contributed by atoms with Crippen LogP contribution in [-0.2, 0) is 34.9 Å². The Morgan fingerprint density at radius 2 is 0.923 bits per heavy atom. The lowest BCUT2D eigenvalue weighted by Gasteiger charge is -2.39. The minimum atomic E-state index is -3.28. The van der Waals surface area contributed by atoms with Crippen LogP contribution in [0.1, 0.15) is 41.5 Å². The Morgan fingerprint density at radius 1 is 0.692 bits per heavy atom. The standard InChI is InChI=1S/C14H30O8Si4/c1-13(2,3)11(15)17-25(9)19-23(7)21-26(10,22-24(8)20-25)18-12(16)14(4,5)6/h1-10H3. The third-order valence-electron chi connectivity index (χ3n) is 3.10. The Balaban J connectivity index is 2.94. The van der Waals surface area contributed by atoms with Crippen molar-refractivity contribution >= 4 is 48.1 Å². The quantitative estimate of drug-likeness (QED) is 0.608. The zero-order chi connectivity index (χ0) is 20.6. The molecule has 0 spiro atoms. The summed E-state index contributed by atoms with van der Waals surface area (Å²) < 4.78 is 34.8. The highest BCUT2D eigenvalue weighted by atomic mass is 28.5. The van der Waals surface area contributed by atoms with Crippen LogP contribution in [0.25, 0.3) is 0 Å². The van der Waals surface area contributed by atoms with Gasteiger partial charge >= 0.3 is 48.1 Å². The zero-order valence-corrected chi connectivity index (χ0v) is 21.3. The number of rotatable bonds is 2. The second-order valence-electron chi connectivity index (χ2n) is 8.40. The summed E-state index contributed by atoms with van der Waals surface area (Å²) in [5.74, 6) is -0.813. The second kappa shape index (κ2) is 7.95. The van der Waals surface area contributed by atoms with Gasteiger partial charge < -0.3 is 25.3 Å². The molecule has 0 aromatic carbocycles. The molecule has 0 atom stereocenters. The average molecular weight is 439 g/mol. The van der Waals surface area contributed by atoms with Gasteiger partial charge in [-0.25, -0.2) is 0 Å². The molecule has 8 nitrogen and oxygen atoms in total. The van der Waals surface area contributed by atoms with Crippen molar-refractivity contribution in [2.45, 2.75) is 67.7 Å². The summed E-state index contributed by atoms with van der Waals surface area (Å²) >= 11 is 0. The molecule has 150 valence electrons. The van der Waals surface area contributed by atoms with Crippen LogP contribution in [0.2, 0.25) is 26.2 Å². The molecular formula is C14H30O8Si4. The van der Waals surface area contributed by atoms with E-state index < -0.39 is 58.9 Å². The lowest BCUT2D eigenvalue weighted by molar-refractivity contribution is -0.146. The number of hydrogen-bond donors (Lipinski definition) is 0. The highest BCUT2D eigenvalue weighted by Gasteiger charge is 2.54. The van der Waals surface area contributed by atoms with Gasteiger partial charge in [0.2, 0.25) is 0 Å². The van der Waals surface area contributed by atoms with Crippen LogP contribution >= 0.6 is 0 Å². The van der Waals surface area contributed by atoms with Crippen LogP contribution in [0.4, 0.5) is 0 Å². The Kier molecular flexibility index (Phi) is 7.24. The van der Waals surface area contributed by atoms with E-state index in [9.17, 15) is 9.59 Å². The van der Waals surface area contributed by atoms with Gasteiger partial charge in [-0.3, -0.25) is 9.59 Å². The molecule has 2 radical (unpaired) electrons. The minimum absolute atomic E-state index is 0.406. The molecule has 0 unspecified atom stereocenters. The molecule has 0 aromatic rings. The van der Waals surface area contributed by atoms with E-state index >= 15 is 0 Å². The molecule has 0 aliphatic carbocycles. The third kappa shape index (κ3) is 6.99. The first-order chi connectivity index (χ1) is 11.5. The van der Waals surface area contributed by atoms with Crippen molar-refractivity contribution in [1.82, 2.24) is 0 Å². The molecule has 1 aliphatic rings. The van der Waals surface area contributed by atoms with E-state index in [1.165, 1.54) is 0 Å². The second-order valence-corrected chi connectivity index (χ2v) is 17.5. The molecule has 26 heavy (non-hydrogen) atoms. The summed E-state index contributed by atoms with van der Waals surface area (Å²) in [7, 11) is -10.4. The van der Waals surface area contributed by atoms with Gasteiger partial charge in [-0.05, 0) is 54.6 Å². The Bertz CT molecular complexity index is 482. The van der Waals surface area contributed by atoms with Crippen molar-refractivity contribution in [3.63, 3.8) is 0 Å². The minimum Gasteiger partial charge on any atom is -0.474 e. The largest absolute Gasteiger partial charge is 0.546 e. The van der Waals surface area contributed by atoms with E-state index in [4.69, 9.17) is 25.3 Å². The van der Waals surface area contributed by atoms with Crippen LogP contribution < -0.4 is 0 Å². The summed E-state index contributed by atoms with van der Waals surface area (Å²) in [6.45, 7) is 17.3. The van der Waals surface area contributed by atoms with Gasteiger partial charge in [-0.1, -0.05) is 0 Å². The van der Waals surface area contributed by atoms with Gasteiger partial charge in [0.1, 0.15) is 0 Å². The van der Waals surface area contributed by atoms with Crippen LogP contribution in [0.5, 0.6) is 0 Å². The van der Waals surface area contributed by atoms with Crippen molar-refractivity contribution in [3.8, 4) is 0 Å². The highest BCUT2D eigenvalue weighted by Crippen LogP contribution is 2.27. The maximum Gasteiger partial charge on any atom is 0.546 e. The van der Waals surface area contributed by atoms with Gasteiger partial charge in [0.15, 0.2) is 0 Å². The Hall–Kier alpha value is -0.352. The fraction of sp³-hybridized carbons (Fsp3) is 0.857. The molecule has 12 heteroatoms.